The number of nitrogens with zero attached hydrogens (tertiary/aromatic N) is 1. The van der Waals surface area contributed by atoms with Crippen LogP contribution in [0.25, 0.3) is 22.4 Å². The maximum atomic E-state index is 10.9. The van der Waals surface area contributed by atoms with E-state index in [0.717, 1.165) is 16.6 Å². The molecule has 3 rings (SSSR count). The predicted octanol–water partition coefficient (Wildman–Crippen LogP) is 2.15. The van der Waals surface area contributed by atoms with Gasteiger partial charge in [0.05, 0.1) is 5.52 Å². The lowest BCUT2D eigenvalue weighted by atomic mass is 10.1. The number of para-hydroxylation sites is 1. The molecule has 5 N–H and O–H groups in total. The van der Waals surface area contributed by atoms with Crippen LogP contribution >= 0.6 is 0 Å². The maximum Gasteiger partial charge on any atom is 0.410 e. The molecule has 1 amide bonds. The van der Waals surface area contributed by atoms with Gasteiger partial charge in [-0.2, -0.15) is 0 Å². The van der Waals surface area contributed by atoms with Crippen molar-refractivity contribution >= 4 is 17.1 Å². The smallest absolute Gasteiger partial charge is 0.408 e. The van der Waals surface area contributed by atoms with Crippen molar-refractivity contribution in [1.29, 1.82) is 0 Å². The molecule has 106 valence electrons. The number of nitrogens with two attached hydrogens (primary N) is 2. The molecule has 0 unspecified atom stereocenters. The summed E-state index contributed by atoms with van der Waals surface area (Å²) < 4.78 is 4.95. The Balaban J connectivity index is 2.05. The van der Waals surface area contributed by atoms with E-state index in [1.807, 2.05) is 30.3 Å². The molecule has 1 aromatic heterocycles. The van der Waals surface area contributed by atoms with Crippen LogP contribution in [-0.2, 0) is 6.54 Å². The number of aromatic amines is 1. The van der Waals surface area contributed by atoms with E-state index in [1.54, 1.807) is 12.1 Å². The van der Waals surface area contributed by atoms with Crippen molar-refractivity contribution in [1.82, 2.24) is 9.97 Å². The van der Waals surface area contributed by atoms with Crippen LogP contribution in [0.3, 0.4) is 0 Å². The third kappa shape index (κ3) is 2.56. The van der Waals surface area contributed by atoms with Crippen molar-refractivity contribution in [2.24, 2.45) is 11.5 Å². The molecular formula is C15H14N4O2. The number of fused-ring (bicyclic) bond motifs is 1. The fraction of sp³-hybridized carbons (Fsp3) is 0.0667. The molecule has 6 nitrogen and oxygen atoms in total. The Hall–Kier alpha value is -2.86. The molecule has 0 aliphatic heterocycles. The quantitative estimate of drug-likeness (QED) is 0.684. The Morgan fingerprint density at radius 1 is 1.19 bits per heavy atom. The average Bonchev–Trinajstić information content (AvgIpc) is 2.92. The number of ether oxygens (including phenoxy) is 1. The number of H-pyrrole nitrogens is 1. The van der Waals surface area contributed by atoms with Gasteiger partial charge < -0.3 is 21.2 Å². The number of hydrogen-bond acceptors (Lipinski definition) is 4. The highest BCUT2D eigenvalue weighted by molar-refractivity contribution is 5.87. The second-order valence-electron chi connectivity index (χ2n) is 4.56. The van der Waals surface area contributed by atoms with E-state index in [4.69, 9.17) is 16.2 Å². The molecule has 0 aliphatic carbocycles. The van der Waals surface area contributed by atoms with Gasteiger partial charge in [-0.25, -0.2) is 9.78 Å². The highest BCUT2D eigenvalue weighted by atomic mass is 16.5. The number of carbonyl (C=O) groups excluding carboxylic acids is 1. The predicted molar refractivity (Wildman–Crippen MR) is 79.6 cm³/mol. The first-order valence-electron chi connectivity index (χ1n) is 6.43. The summed E-state index contributed by atoms with van der Waals surface area (Å²) in [6, 6.07) is 13.0. The molecule has 0 aliphatic rings. The van der Waals surface area contributed by atoms with Gasteiger partial charge in [-0.3, -0.25) is 0 Å². The van der Waals surface area contributed by atoms with Crippen LogP contribution in [0.1, 0.15) is 5.56 Å². The number of primary amides is 1. The van der Waals surface area contributed by atoms with Crippen LogP contribution in [0, 0.1) is 0 Å². The first-order valence-corrected chi connectivity index (χ1v) is 6.43. The van der Waals surface area contributed by atoms with Gasteiger partial charge in [0.25, 0.3) is 0 Å². The lowest BCUT2D eigenvalue weighted by Crippen LogP contribution is -2.16. The summed E-state index contributed by atoms with van der Waals surface area (Å²) in [5, 5.41) is 0. The van der Waals surface area contributed by atoms with Crippen molar-refractivity contribution in [3.05, 3.63) is 48.0 Å². The lowest BCUT2D eigenvalue weighted by molar-refractivity contribution is 0.211. The summed E-state index contributed by atoms with van der Waals surface area (Å²) in [5.41, 5.74) is 13.9. The molecule has 0 fully saturated rings. The van der Waals surface area contributed by atoms with Gasteiger partial charge in [-0.05, 0) is 17.7 Å². The molecule has 2 aromatic carbocycles. The van der Waals surface area contributed by atoms with E-state index < -0.39 is 6.09 Å². The normalized spacial score (nSPS) is 10.7. The Kier molecular flexibility index (Phi) is 3.29. The number of rotatable bonds is 3. The van der Waals surface area contributed by atoms with E-state index in [2.05, 4.69) is 9.97 Å². The summed E-state index contributed by atoms with van der Waals surface area (Å²) in [5.74, 6) is 1.02. The molecule has 0 saturated carbocycles. The topological polar surface area (TPSA) is 107 Å². The van der Waals surface area contributed by atoms with Crippen molar-refractivity contribution < 1.29 is 9.53 Å². The Bertz CT molecular complexity index is 793. The van der Waals surface area contributed by atoms with Gasteiger partial charge in [0.1, 0.15) is 11.3 Å². The zero-order valence-corrected chi connectivity index (χ0v) is 11.2. The molecule has 0 bridgehead atoms. The van der Waals surface area contributed by atoms with E-state index in [1.165, 1.54) is 0 Å². The van der Waals surface area contributed by atoms with Gasteiger partial charge >= 0.3 is 6.09 Å². The third-order valence-corrected chi connectivity index (χ3v) is 3.15. The van der Waals surface area contributed by atoms with E-state index in [-0.39, 0.29) is 0 Å². The summed E-state index contributed by atoms with van der Waals surface area (Å²) in [4.78, 5) is 18.6. The first-order chi connectivity index (χ1) is 10.2. The number of carbonyl (C=O) groups is 1. The molecule has 0 radical (unpaired) electrons. The molecule has 0 saturated heterocycles. The van der Waals surface area contributed by atoms with Crippen molar-refractivity contribution in [2.45, 2.75) is 6.54 Å². The highest BCUT2D eigenvalue weighted by Gasteiger charge is 2.11. The third-order valence-electron chi connectivity index (χ3n) is 3.15. The van der Waals surface area contributed by atoms with Gasteiger partial charge in [-0.1, -0.05) is 30.3 Å². The van der Waals surface area contributed by atoms with E-state index in [0.29, 0.717) is 23.6 Å². The molecule has 3 aromatic rings. The number of aromatic nitrogens is 2. The van der Waals surface area contributed by atoms with Crippen LogP contribution in [0.5, 0.6) is 5.75 Å². The maximum absolute atomic E-state index is 10.9. The van der Waals surface area contributed by atoms with Gasteiger partial charge in [-0.15, -0.1) is 0 Å². The van der Waals surface area contributed by atoms with Gasteiger partial charge in [0, 0.05) is 12.1 Å². The summed E-state index contributed by atoms with van der Waals surface area (Å²) in [7, 11) is 0. The molecule has 6 heteroatoms. The fourth-order valence-electron chi connectivity index (χ4n) is 2.13. The van der Waals surface area contributed by atoms with E-state index >= 15 is 0 Å². The zero-order valence-electron chi connectivity index (χ0n) is 11.2. The minimum absolute atomic E-state index is 0.334. The molecule has 0 spiro atoms. The number of nitrogens with one attached hydrogen (secondary N) is 1. The zero-order chi connectivity index (χ0) is 14.8. The molecule has 21 heavy (non-hydrogen) atoms. The van der Waals surface area contributed by atoms with Crippen LogP contribution in [-0.4, -0.2) is 16.1 Å². The number of benzene rings is 2. The number of amides is 1. The SMILES string of the molecule is NCc1ccc(-c2nc3c(OC(N)=O)cccc3[nH]2)cc1. The largest absolute Gasteiger partial charge is 0.410 e. The van der Waals surface area contributed by atoms with Crippen molar-refractivity contribution in [3.8, 4) is 17.1 Å². The summed E-state index contributed by atoms with van der Waals surface area (Å²) in [6.45, 7) is 0.497. The van der Waals surface area contributed by atoms with Gasteiger partial charge in [0.2, 0.25) is 0 Å². The van der Waals surface area contributed by atoms with Crippen LogP contribution in [0.15, 0.2) is 42.5 Å². The minimum atomic E-state index is -0.862. The molecule has 1 heterocycles. The molecular weight excluding hydrogens is 268 g/mol. The fourth-order valence-corrected chi connectivity index (χ4v) is 2.13. The van der Waals surface area contributed by atoms with E-state index in [9.17, 15) is 4.79 Å². The highest BCUT2D eigenvalue weighted by Crippen LogP contribution is 2.27. The Morgan fingerprint density at radius 3 is 2.62 bits per heavy atom. The number of imidazole rings is 1. The second kappa shape index (κ2) is 5.26. The van der Waals surface area contributed by atoms with Gasteiger partial charge in [0.15, 0.2) is 5.75 Å². The second-order valence-corrected chi connectivity index (χ2v) is 4.56. The minimum Gasteiger partial charge on any atom is -0.408 e. The summed E-state index contributed by atoms with van der Waals surface area (Å²) in [6.07, 6.45) is -0.862. The number of hydrogen-bond donors (Lipinski definition) is 3. The van der Waals surface area contributed by atoms with Crippen LogP contribution < -0.4 is 16.2 Å². The first kappa shape index (κ1) is 13.1. The Labute approximate surface area is 120 Å². The Morgan fingerprint density at radius 2 is 1.95 bits per heavy atom. The summed E-state index contributed by atoms with van der Waals surface area (Å²) >= 11 is 0. The van der Waals surface area contributed by atoms with Crippen molar-refractivity contribution in [2.75, 3.05) is 0 Å². The standard InChI is InChI=1S/C15H14N4O2/c16-8-9-4-6-10(7-5-9)14-18-11-2-1-3-12(13(11)19-14)21-15(17)20/h1-7H,8,16H2,(H2,17,20)(H,18,19). The average molecular weight is 282 g/mol. The lowest BCUT2D eigenvalue weighted by Gasteiger charge is -2.00. The van der Waals surface area contributed by atoms with Crippen LogP contribution in [0.4, 0.5) is 4.79 Å². The van der Waals surface area contributed by atoms with Crippen molar-refractivity contribution in [3.63, 3.8) is 0 Å². The molecule has 0 atom stereocenters. The monoisotopic (exact) mass is 282 g/mol. The van der Waals surface area contributed by atoms with Crippen LogP contribution in [0.2, 0.25) is 0 Å².